The topological polar surface area (TPSA) is 9.23 Å². The Hall–Kier alpha value is -0.300. The van der Waals surface area contributed by atoms with Gasteiger partial charge in [-0.1, -0.05) is 32.9 Å². The van der Waals surface area contributed by atoms with E-state index in [1.807, 2.05) is 0 Å². The molecule has 0 fully saturated rings. The van der Waals surface area contributed by atoms with Crippen LogP contribution in [0.25, 0.3) is 0 Å². The van der Waals surface area contributed by atoms with E-state index < -0.39 is 0 Å². The third-order valence-electron chi connectivity index (χ3n) is 2.15. The van der Waals surface area contributed by atoms with Gasteiger partial charge >= 0.3 is 0 Å². The summed E-state index contributed by atoms with van der Waals surface area (Å²) in [6.07, 6.45) is 8.47. The van der Waals surface area contributed by atoms with Crippen molar-refractivity contribution < 1.29 is 4.74 Å². The molecule has 0 bridgehead atoms. The maximum absolute atomic E-state index is 5.86. The molecule has 0 aliphatic rings. The van der Waals surface area contributed by atoms with Gasteiger partial charge in [0.1, 0.15) is 0 Å². The Balaban J connectivity index is 3.64. The van der Waals surface area contributed by atoms with E-state index in [0.717, 1.165) is 12.8 Å². The summed E-state index contributed by atoms with van der Waals surface area (Å²) in [5, 5.41) is 0. The van der Waals surface area contributed by atoms with E-state index in [-0.39, 0.29) is 5.60 Å². The van der Waals surface area contributed by atoms with Gasteiger partial charge in [-0.05, 0) is 52.4 Å². The van der Waals surface area contributed by atoms with E-state index in [1.165, 1.54) is 6.42 Å². The standard InChI is InChI=1S/C15H30O/c1-13(16-15(5,6)7)11-9-8-10-12-14(2,3)4/h10,12-13H,8-9,11H2,1-7H3/b12-10+. The lowest BCUT2D eigenvalue weighted by Gasteiger charge is -2.25. The molecule has 0 aromatic heterocycles. The second-order valence-electron chi connectivity index (χ2n) is 6.74. The van der Waals surface area contributed by atoms with Crippen LogP contribution < -0.4 is 0 Å². The van der Waals surface area contributed by atoms with E-state index in [1.54, 1.807) is 0 Å². The Morgan fingerprint density at radius 1 is 1.06 bits per heavy atom. The van der Waals surface area contributed by atoms with Crippen LogP contribution in [0, 0.1) is 5.41 Å². The molecule has 1 nitrogen and oxygen atoms in total. The van der Waals surface area contributed by atoms with Crippen molar-refractivity contribution in [1.82, 2.24) is 0 Å². The highest BCUT2D eigenvalue weighted by atomic mass is 16.5. The van der Waals surface area contributed by atoms with Crippen molar-refractivity contribution in [2.45, 2.75) is 79.4 Å². The van der Waals surface area contributed by atoms with E-state index in [4.69, 9.17) is 4.74 Å². The van der Waals surface area contributed by atoms with Crippen molar-refractivity contribution in [2.75, 3.05) is 0 Å². The number of unbranched alkanes of at least 4 members (excludes halogenated alkanes) is 1. The van der Waals surface area contributed by atoms with Crippen molar-refractivity contribution >= 4 is 0 Å². The third kappa shape index (κ3) is 11.8. The predicted octanol–water partition coefficient (Wildman–Crippen LogP) is 4.96. The van der Waals surface area contributed by atoms with Gasteiger partial charge in [-0.25, -0.2) is 0 Å². The normalized spacial score (nSPS) is 15.7. The van der Waals surface area contributed by atoms with E-state index in [0.29, 0.717) is 11.5 Å². The van der Waals surface area contributed by atoms with E-state index in [9.17, 15) is 0 Å². The second-order valence-corrected chi connectivity index (χ2v) is 6.74. The second kappa shape index (κ2) is 6.44. The lowest BCUT2D eigenvalue weighted by atomic mass is 9.95. The van der Waals surface area contributed by atoms with E-state index in [2.05, 4.69) is 60.6 Å². The molecular formula is C15H30O. The number of allylic oxidation sites excluding steroid dienone is 2. The molecule has 0 amide bonds. The fourth-order valence-corrected chi connectivity index (χ4v) is 1.62. The van der Waals surface area contributed by atoms with Crippen LogP contribution in [0.5, 0.6) is 0 Å². The Morgan fingerprint density at radius 2 is 1.62 bits per heavy atom. The first kappa shape index (κ1) is 15.7. The summed E-state index contributed by atoms with van der Waals surface area (Å²) in [6, 6.07) is 0. The average molecular weight is 226 g/mol. The number of rotatable bonds is 5. The third-order valence-corrected chi connectivity index (χ3v) is 2.15. The van der Waals surface area contributed by atoms with Crippen LogP contribution in [0.4, 0.5) is 0 Å². The van der Waals surface area contributed by atoms with Crippen molar-refractivity contribution in [3.63, 3.8) is 0 Å². The lowest BCUT2D eigenvalue weighted by molar-refractivity contribution is -0.0546. The van der Waals surface area contributed by atoms with Crippen LogP contribution in [-0.4, -0.2) is 11.7 Å². The minimum Gasteiger partial charge on any atom is -0.373 e. The summed E-state index contributed by atoms with van der Waals surface area (Å²) in [5.41, 5.74) is 0.300. The van der Waals surface area contributed by atoms with Crippen molar-refractivity contribution in [3.05, 3.63) is 12.2 Å². The fourth-order valence-electron chi connectivity index (χ4n) is 1.62. The van der Waals surface area contributed by atoms with Crippen LogP contribution in [-0.2, 0) is 4.74 Å². The first-order valence-electron chi connectivity index (χ1n) is 6.46. The van der Waals surface area contributed by atoms with Gasteiger partial charge < -0.3 is 4.74 Å². The van der Waals surface area contributed by atoms with Gasteiger partial charge in [0, 0.05) is 0 Å². The lowest BCUT2D eigenvalue weighted by Crippen LogP contribution is -2.25. The van der Waals surface area contributed by atoms with Crippen LogP contribution in [0.3, 0.4) is 0 Å². The molecule has 16 heavy (non-hydrogen) atoms. The highest BCUT2D eigenvalue weighted by molar-refractivity contribution is 4.91. The van der Waals surface area contributed by atoms with Gasteiger partial charge in [-0.2, -0.15) is 0 Å². The molecule has 0 aromatic rings. The molecule has 0 saturated carbocycles. The molecule has 1 atom stereocenters. The highest BCUT2D eigenvalue weighted by Crippen LogP contribution is 2.17. The highest BCUT2D eigenvalue weighted by Gasteiger charge is 2.14. The maximum Gasteiger partial charge on any atom is 0.0602 e. The van der Waals surface area contributed by atoms with E-state index >= 15 is 0 Å². The zero-order valence-electron chi connectivity index (χ0n) is 12.3. The summed E-state index contributed by atoms with van der Waals surface area (Å²) in [7, 11) is 0. The SMILES string of the molecule is CC(CCC/C=C/C(C)(C)C)OC(C)(C)C. The quantitative estimate of drug-likeness (QED) is 0.475. The molecule has 0 saturated heterocycles. The Kier molecular flexibility index (Phi) is 6.32. The molecule has 0 N–H and O–H groups in total. The van der Waals surface area contributed by atoms with Crippen molar-refractivity contribution in [1.29, 1.82) is 0 Å². The number of hydrogen-bond acceptors (Lipinski definition) is 1. The first-order chi connectivity index (χ1) is 7.10. The largest absolute Gasteiger partial charge is 0.373 e. The predicted molar refractivity (Wildman–Crippen MR) is 72.7 cm³/mol. The summed E-state index contributed by atoms with van der Waals surface area (Å²) in [4.78, 5) is 0. The Bertz CT molecular complexity index is 202. The molecule has 0 radical (unpaired) electrons. The molecule has 0 heterocycles. The molecular weight excluding hydrogens is 196 g/mol. The molecule has 0 spiro atoms. The summed E-state index contributed by atoms with van der Waals surface area (Å²) in [6.45, 7) is 15.2. The monoisotopic (exact) mass is 226 g/mol. The zero-order valence-corrected chi connectivity index (χ0v) is 12.3. The smallest absolute Gasteiger partial charge is 0.0602 e. The molecule has 96 valence electrons. The number of hydrogen-bond donors (Lipinski definition) is 0. The van der Waals surface area contributed by atoms with Gasteiger partial charge in [0.25, 0.3) is 0 Å². The minimum absolute atomic E-state index is 0.0132. The zero-order chi connectivity index (χ0) is 12.8. The fraction of sp³-hybridized carbons (Fsp3) is 0.867. The molecule has 0 aromatic carbocycles. The van der Waals surface area contributed by atoms with Crippen LogP contribution in [0.15, 0.2) is 12.2 Å². The summed E-state index contributed by atoms with van der Waals surface area (Å²) < 4.78 is 5.86. The summed E-state index contributed by atoms with van der Waals surface area (Å²) >= 11 is 0. The van der Waals surface area contributed by atoms with Gasteiger partial charge in [-0.15, -0.1) is 0 Å². The van der Waals surface area contributed by atoms with Gasteiger partial charge in [0.2, 0.25) is 0 Å². The molecule has 0 aliphatic carbocycles. The molecule has 1 heteroatoms. The maximum atomic E-state index is 5.86. The number of ether oxygens (including phenoxy) is 1. The van der Waals surface area contributed by atoms with Gasteiger partial charge in [0.05, 0.1) is 11.7 Å². The molecule has 1 unspecified atom stereocenters. The molecule has 0 rings (SSSR count). The Morgan fingerprint density at radius 3 is 2.06 bits per heavy atom. The summed E-state index contributed by atoms with van der Waals surface area (Å²) in [5.74, 6) is 0. The van der Waals surface area contributed by atoms with Gasteiger partial charge in [-0.3, -0.25) is 0 Å². The van der Waals surface area contributed by atoms with Crippen LogP contribution in [0.1, 0.15) is 67.7 Å². The Labute approximate surface area is 102 Å². The van der Waals surface area contributed by atoms with Gasteiger partial charge in [0.15, 0.2) is 0 Å². The first-order valence-corrected chi connectivity index (χ1v) is 6.46. The molecule has 0 aliphatic heterocycles. The van der Waals surface area contributed by atoms with Crippen molar-refractivity contribution in [3.8, 4) is 0 Å². The minimum atomic E-state index is -0.0132. The van der Waals surface area contributed by atoms with Crippen LogP contribution in [0.2, 0.25) is 0 Å². The average Bonchev–Trinajstić information content (AvgIpc) is 1.97. The van der Waals surface area contributed by atoms with Crippen molar-refractivity contribution in [2.24, 2.45) is 5.41 Å². The van der Waals surface area contributed by atoms with Crippen LogP contribution >= 0.6 is 0 Å².